The van der Waals surface area contributed by atoms with E-state index in [1.165, 1.54) is 64.2 Å². The van der Waals surface area contributed by atoms with Gasteiger partial charge in [-0.3, -0.25) is 18.6 Å². The van der Waals surface area contributed by atoms with E-state index < -0.39 is 32.5 Å². The van der Waals surface area contributed by atoms with Crippen LogP contribution in [-0.2, 0) is 32.7 Å². The largest absolute Gasteiger partial charge is 0.472 e. The molecule has 9 nitrogen and oxygen atoms in total. The zero-order chi connectivity index (χ0) is 44.3. The number of hydrogen-bond donors (Lipinski definition) is 1. The summed E-state index contributed by atoms with van der Waals surface area (Å²) < 4.78 is 34.3. The number of allylic oxidation sites excluding steroid dienone is 14. The average molecular weight is 861 g/mol. The minimum atomic E-state index is -4.40. The Morgan fingerprint density at radius 3 is 1.48 bits per heavy atom. The number of unbranched alkanes of at least 4 members (excludes halogenated alkanes) is 13. The third-order valence-corrected chi connectivity index (χ3v) is 10.4. The van der Waals surface area contributed by atoms with E-state index in [2.05, 4.69) is 86.8 Å². The van der Waals surface area contributed by atoms with Crippen molar-refractivity contribution in [2.24, 2.45) is 0 Å². The molecule has 0 rings (SSSR count). The van der Waals surface area contributed by atoms with Crippen LogP contribution in [0.1, 0.15) is 168 Å². The van der Waals surface area contributed by atoms with Gasteiger partial charge in [0.25, 0.3) is 0 Å². The standard InChI is InChI=1S/C50H86NO8P/c1-6-8-10-12-14-16-18-20-22-24-25-27-29-31-33-35-37-39-41-43-50(53)59-48(47-58-60(54,55)57-45-44-51(3,4)5)46-56-49(52)42-40-38-36-34-32-30-28-26-23-21-19-17-15-13-11-9-7-2/h8,10,14,16,20-23,25,27,31,33,37,39,48H,6-7,9,11-13,15,17-19,24,26,28-30,32,34-36,38,40-47H2,1-5H3/p+1/b10-8-,16-14-,22-20-,23-21-,27-25-,33-31-,39-37-. The molecular weight excluding hydrogens is 774 g/mol. The fourth-order valence-electron chi connectivity index (χ4n) is 5.80. The van der Waals surface area contributed by atoms with E-state index >= 15 is 0 Å². The Morgan fingerprint density at radius 1 is 0.533 bits per heavy atom. The maximum Gasteiger partial charge on any atom is 0.472 e. The Labute approximate surface area is 367 Å². The van der Waals surface area contributed by atoms with Crippen LogP contribution in [0.4, 0.5) is 0 Å². The number of carbonyl (C=O) groups excluding carboxylic acids is 2. The fourth-order valence-corrected chi connectivity index (χ4v) is 6.54. The molecule has 0 spiro atoms. The Kier molecular flexibility index (Phi) is 39.6. The molecule has 0 aliphatic carbocycles. The first kappa shape index (κ1) is 57.2. The number of likely N-dealkylation sites (N-methyl/N-ethyl adjacent to an activating group) is 1. The molecule has 0 aromatic heterocycles. The molecule has 60 heavy (non-hydrogen) atoms. The molecular formula is C50H87NO8P+. The Morgan fingerprint density at radius 2 is 0.983 bits per heavy atom. The van der Waals surface area contributed by atoms with Crippen LogP contribution in [-0.4, -0.2) is 74.9 Å². The van der Waals surface area contributed by atoms with E-state index in [-0.39, 0.29) is 26.1 Å². The van der Waals surface area contributed by atoms with Gasteiger partial charge < -0.3 is 18.9 Å². The summed E-state index contributed by atoms with van der Waals surface area (Å²) >= 11 is 0. The molecule has 0 saturated heterocycles. The topological polar surface area (TPSA) is 108 Å². The molecule has 10 heteroatoms. The van der Waals surface area contributed by atoms with E-state index in [1.807, 2.05) is 33.3 Å². The molecule has 344 valence electrons. The SMILES string of the molecule is CC/C=C\C/C=C\C/C=C\C/C=C\C/C=C\C/C=C\CCC(=O)OC(COC(=O)CCCCCCCCC/C=C\CCCCCCCC)COP(=O)(O)OCC[N+](C)(C)C. The van der Waals surface area contributed by atoms with E-state index in [1.54, 1.807) is 0 Å². The highest BCUT2D eigenvalue weighted by Crippen LogP contribution is 2.43. The molecule has 0 fully saturated rings. The first-order valence-corrected chi connectivity index (χ1v) is 24.8. The maximum atomic E-state index is 12.7. The van der Waals surface area contributed by atoms with Crippen molar-refractivity contribution in [1.29, 1.82) is 0 Å². The Balaban J connectivity index is 4.47. The van der Waals surface area contributed by atoms with Gasteiger partial charge in [-0.1, -0.05) is 163 Å². The lowest BCUT2D eigenvalue weighted by Gasteiger charge is -2.24. The molecule has 0 aromatic carbocycles. The Hall–Kier alpha value is -2.81. The number of phosphoric ester groups is 1. The van der Waals surface area contributed by atoms with E-state index in [9.17, 15) is 19.0 Å². The highest BCUT2D eigenvalue weighted by Gasteiger charge is 2.27. The minimum absolute atomic E-state index is 0.0133. The van der Waals surface area contributed by atoms with Gasteiger partial charge in [0.2, 0.25) is 0 Å². The normalized spacial score (nSPS) is 14.3. The lowest BCUT2D eigenvalue weighted by atomic mass is 10.1. The summed E-state index contributed by atoms with van der Waals surface area (Å²) in [6.45, 7) is 4.20. The van der Waals surface area contributed by atoms with Crippen LogP contribution < -0.4 is 0 Å². The predicted octanol–water partition coefficient (Wildman–Crippen LogP) is 13.6. The lowest BCUT2D eigenvalue weighted by Crippen LogP contribution is -2.37. The van der Waals surface area contributed by atoms with E-state index in [0.717, 1.165) is 70.6 Å². The summed E-state index contributed by atoms with van der Waals surface area (Å²) in [5.74, 6) is -0.907. The third kappa shape index (κ3) is 44.7. The quantitative estimate of drug-likeness (QED) is 0.0213. The fraction of sp³-hybridized carbons (Fsp3) is 0.680. The molecule has 2 atom stereocenters. The molecule has 2 unspecified atom stereocenters. The van der Waals surface area contributed by atoms with Gasteiger partial charge in [-0.2, -0.15) is 0 Å². The van der Waals surface area contributed by atoms with Crippen LogP contribution in [0.5, 0.6) is 0 Å². The van der Waals surface area contributed by atoms with E-state index in [0.29, 0.717) is 17.4 Å². The first-order chi connectivity index (χ1) is 29.0. The van der Waals surface area contributed by atoms with E-state index in [4.69, 9.17) is 18.5 Å². The number of phosphoric acid groups is 1. The molecule has 0 aliphatic rings. The second-order valence-electron chi connectivity index (χ2n) is 16.4. The number of nitrogens with zero attached hydrogens (tertiary/aromatic N) is 1. The number of hydrogen-bond acceptors (Lipinski definition) is 7. The second-order valence-corrected chi connectivity index (χ2v) is 17.9. The number of ether oxygens (including phenoxy) is 2. The summed E-state index contributed by atoms with van der Waals surface area (Å²) in [7, 11) is 1.42. The number of esters is 2. The number of quaternary nitrogens is 1. The maximum absolute atomic E-state index is 12.7. The van der Waals surface area contributed by atoms with Gasteiger partial charge in [0, 0.05) is 12.8 Å². The number of carbonyl (C=O) groups is 2. The van der Waals surface area contributed by atoms with Gasteiger partial charge in [0.1, 0.15) is 19.8 Å². The molecule has 0 aliphatic heterocycles. The van der Waals surface area contributed by atoms with Crippen LogP contribution in [0.25, 0.3) is 0 Å². The van der Waals surface area contributed by atoms with Crippen LogP contribution >= 0.6 is 7.82 Å². The summed E-state index contributed by atoms with van der Waals surface area (Å²) in [6, 6.07) is 0. The van der Waals surface area contributed by atoms with Gasteiger partial charge in [0.05, 0.1) is 27.7 Å². The molecule has 0 saturated carbocycles. The average Bonchev–Trinajstić information content (AvgIpc) is 3.20. The monoisotopic (exact) mass is 861 g/mol. The third-order valence-electron chi connectivity index (χ3n) is 9.42. The van der Waals surface area contributed by atoms with Crippen molar-refractivity contribution in [2.75, 3.05) is 47.5 Å². The highest BCUT2D eigenvalue weighted by atomic mass is 31.2. The number of rotatable bonds is 41. The zero-order valence-electron chi connectivity index (χ0n) is 38.7. The smallest absolute Gasteiger partial charge is 0.462 e. The lowest BCUT2D eigenvalue weighted by molar-refractivity contribution is -0.870. The van der Waals surface area contributed by atoms with Crippen molar-refractivity contribution >= 4 is 19.8 Å². The van der Waals surface area contributed by atoms with Crippen LogP contribution in [0.3, 0.4) is 0 Å². The molecule has 0 heterocycles. The summed E-state index contributed by atoms with van der Waals surface area (Å²) in [6.07, 6.45) is 53.6. The van der Waals surface area contributed by atoms with Gasteiger partial charge in [0.15, 0.2) is 6.10 Å². The first-order valence-electron chi connectivity index (χ1n) is 23.3. The zero-order valence-corrected chi connectivity index (χ0v) is 39.6. The predicted molar refractivity (Wildman–Crippen MR) is 252 cm³/mol. The highest BCUT2D eigenvalue weighted by molar-refractivity contribution is 7.47. The Bertz CT molecular complexity index is 1290. The van der Waals surface area contributed by atoms with Crippen LogP contribution in [0.2, 0.25) is 0 Å². The second kappa shape index (κ2) is 41.5. The van der Waals surface area contributed by atoms with Crippen molar-refractivity contribution in [1.82, 2.24) is 0 Å². The molecule has 0 aromatic rings. The van der Waals surface area contributed by atoms with Gasteiger partial charge in [-0.05, 0) is 77.0 Å². The van der Waals surface area contributed by atoms with Crippen molar-refractivity contribution in [2.45, 2.75) is 174 Å². The minimum Gasteiger partial charge on any atom is -0.462 e. The molecule has 1 N–H and O–H groups in total. The van der Waals surface area contributed by atoms with Gasteiger partial charge in [-0.15, -0.1) is 0 Å². The summed E-state index contributed by atoms with van der Waals surface area (Å²) in [5, 5.41) is 0. The molecule has 0 radical (unpaired) electrons. The van der Waals surface area contributed by atoms with Gasteiger partial charge >= 0.3 is 19.8 Å². The van der Waals surface area contributed by atoms with Crippen molar-refractivity contribution in [3.63, 3.8) is 0 Å². The van der Waals surface area contributed by atoms with Gasteiger partial charge in [-0.25, -0.2) is 4.57 Å². The van der Waals surface area contributed by atoms with Crippen molar-refractivity contribution < 1.29 is 42.1 Å². The molecule has 0 bridgehead atoms. The van der Waals surface area contributed by atoms with Crippen LogP contribution in [0, 0.1) is 0 Å². The van der Waals surface area contributed by atoms with Crippen LogP contribution in [0.15, 0.2) is 85.1 Å². The molecule has 0 amide bonds. The van der Waals surface area contributed by atoms with Crippen molar-refractivity contribution in [3.8, 4) is 0 Å². The summed E-state index contributed by atoms with van der Waals surface area (Å²) in [4.78, 5) is 35.4. The van der Waals surface area contributed by atoms with Crippen molar-refractivity contribution in [3.05, 3.63) is 85.1 Å². The summed E-state index contributed by atoms with van der Waals surface area (Å²) in [5.41, 5.74) is 0.